The average molecular weight is 313 g/mol. The van der Waals surface area contributed by atoms with Gasteiger partial charge in [-0.3, -0.25) is 0 Å². The van der Waals surface area contributed by atoms with Gasteiger partial charge in [0, 0.05) is 0 Å². The maximum Gasteiger partial charge on any atom is -0.0245 e. The second kappa shape index (κ2) is 16.5. The standard InChI is InChI=1S/C12H18.C8H10.C3H8/c1-5-7-8-12(6-2)10-9-11(3)4;1-7-3-5-8(2)6-4-7;1-3-2/h5-8H,1,3,9-10H2,2,4H3;3-6H,1-2H3;3H2,1-2H3/b8-7-,12-6+;;. The Labute approximate surface area is 145 Å². The molecule has 23 heavy (non-hydrogen) atoms. The molecule has 0 aliphatic carbocycles. The van der Waals surface area contributed by atoms with Crippen LogP contribution in [0.3, 0.4) is 0 Å². The summed E-state index contributed by atoms with van der Waals surface area (Å²) < 4.78 is 0. The lowest BCUT2D eigenvalue weighted by molar-refractivity contribution is 0.948. The van der Waals surface area contributed by atoms with Gasteiger partial charge >= 0.3 is 0 Å². The SMILES string of the molecule is C=C/C=C\C(=C/C)CCC(=C)C.CCC.Cc1ccc(C)cc1. The van der Waals surface area contributed by atoms with E-state index in [4.69, 9.17) is 0 Å². The van der Waals surface area contributed by atoms with E-state index < -0.39 is 0 Å². The van der Waals surface area contributed by atoms with Crippen molar-refractivity contribution < 1.29 is 0 Å². The summed E-state index contributed by atoms with van der Waals surface area (Å²) >= 11 is 0. The maximum absolute atomic E-state index is 3.87. The third-order valence-corrected chi connectivity index (χ3v) is 2.88. The van der Waals surface area contributed by atoms with E-state index in [1.54, 1.807) is 6.08 Å². The molecule has 0 N–H and O–H groups in total. The number of benzene rings is 1. The summed E-state index contributed by atoms with van der Waals surface area (Å²) in [7, 11) is 0. The predicted octanol–water partition coefficient (Wildman–Crippen LogP) is 7.75. The highest BCUT2D eigenvalue weighted by atomic mass is 14.0. The highest BCUT2D eigenvalue weighted by Crippen LogP contribution is 2.10. The minimum Gasteiger partial charge on any atom is -0.100 e. The Morgan fingerprint density at radius 1 is 1.00 bits per heavy atom. The van der Waals surface area contributed by atoms with Crippen molar-refractivity contribution in [2.75, 3.05) is 0 Å². The van der Waals surface area contributed by atoms with E-state index in [9.17, 15) is 0 Å². The van der Waals surface area contributed by atoms with E-state index in [2.05, 4.69) is 91.1 Å². The first-order valence-corrected chi connectivity index (χ1v) is 8.53. The van der Waals surface area contributed by atoms with Crippen molar-refractivity contribution in [1.29, 1.82) is 0 Å². The molecule has 0 radical (unpaired) electrons. The van der Waals surface area contributed by atoms with Gasteiger partial charge in [0.15, 0.2) is 0 Å². The first-order chi connectivity index (χ1) is 10.9. The number of rotatable bonds is 5. The first kappa shape index (κ1) is 23.4. The van der Waals surface area contributed by atoms with Crippen LogP contribution in [0.2, 0.25) is 0 Å². The molecule has 0 aliphatic heterocycles. The van der Waals surface area contributed by atoms with E-state index in [-0.39, 0.29) is 0 Å². The molecule has 0 atom stereocenters. The van der Waals surface area contributed by atoms with Crippen LogP contribution >= 0.6 is 0 Å². The molecule has 1 rings (SSSR count). The van der Waals surface area contributed by atoms with Crippen molar-refractivity contribution >= 4 is 0 Å². The lowest BCUT2D eigenvalue weighted by Gasteiger charge is -2.00. The molecule has 0 saturated carbocycles. The third-order valence-electron chi connectivity index (χ3n) is 2.88. The largest absolute Gasteiger partial charge is 0.100 e. The van der Waals surface area contributed by atoms with E-state index >= 15 is 0 Å². The van der Waals surface area contributed by atoms with Gasteiger partial charge in [-0.25, -0.2) is 0 Å². The van der Waals surface area contributed by atoms with E-state index in [0.717, 1.165) is 12.8 Å². The molecule has 0 aliphatic rings. The van der Waals surface area contributed by atoms with Crippen LogP contribution in [0.25, 0.3) is 0 Å². The van der Waals surface area contributed by atoms with Crippen LogP contribution in [0.1, 0.15) is 58.1 Å². The van der Waals surface area contributed by atoms with E-state index in [1.807, 2.05) is 6.08 Å². The van der Waals surface area contributed by atoms with Crippen LogP contribution in [0.5, 0.6) is 0 Å². The van der Waals surface area contributed by atoms with Crippen LogP contribution in [0, 0.1) is 13.8 Å². The molecule has 0 spiro atoms. The minimum atomic E-state index is 1.07. The van der Waals surface area contributed by atoms with Gasteiger partial charge in [0.05, 0.1) is 0 Å². The summed E-state index contributed by atoms with van der Waals surface area (Å²) in [6, 6.07) is 8.48. The summed E-state index contributed by atoms with van der Waals surface area (Å²) in [5.74, 6) is 0. The van der Waals surface area contributed by atoms with Crippen molar-refractivity contribution in [1.82, 2.24) is 0 Å². The molecule has 0 amide bonds. The zero-order chi connectivity index (χ0) is 18.1. The molecule has 0 nitrogen and oxygen atoms in total. The number of hydrogen-bond donors (Lipinski definition) is 0. The van der Waals surface area contributed by atoms with Gasteiger partial charge < -0.3 is 0 Å². The van der Waals surface area contributed by atoms with Gasteiger partial charge in [0.2, 0.25) is 0 Å². The fourth-order valence-electron chi connectivity index (χ4n) is 1.51. The molecular formula is C23H36. The van der Waals surface area contributed by atoms with E-state index in [0.29, 0.717) is 0 Å². The Morgan fingerprint density at radius 2 is 1.43 bits per heavy atom. The quantitative estimate of drug-likeness (QED) is 0.385. The molecule has 0 fully saturated rings. The molecule has 0 bridgehead atoms. The molecule has 0 heteroatoms. The Kier molecular flexibility index (Phi) is 16.9. The molecule has 0 heterocycles. The summed E-state index contributed by atoms with van der Waals surface area (Å²) in [6.45, 7) is 20.1. The van der Waals surface area contributed by atoms with Crippen molar-refractivity contribution in [3.63, 3.8) is 0 Å². The van der Waals surface area contributed by atoms with Crippen LogP contribution in [-0.4, -0.2) is 0 Å². The Balaban J connectivity index is 0. The predicted molar refractivity (Wildman–Crippen MR) is 109 cm³/mol. The van der Waals surface area contributed by atoms with Gasteiger partial charge in [-0.1, -0.05) is 97.7 Å². The number of aryl methyl sites for hydroxylation is 2. The summed E-state index contributed by atoms with van der Waals surface area (Å²) in [5, 5.41) is 0. The first-order valence-electron chi connectivity index (χ1n) is 8.53. The number of allylic oxidation sites excluding steroid dienone is 6. The minimum absolute atomic E-state index is 1.07. The fraction of sp³-hybridized carbons (Fsp3) is 0.391. The zero-order valence-electron chi connectivity index (χ0n) is 16.2. The van der Waals surface area contributed by atoms with Gasteiger partial charge in [0.1, 0.15) is 0 Å². The Morgan fingerprint density at radius 3 is 1.74 bits per heavy atom. The summed E-state index contributed by atoms with van der Waals surface area (Å²) in [4.78, 5) is 0. The van der Waals surface area contributed by atoms with Crippen LogP contribution in [0.4, 0.5) is 0 Å². The van der Waals surface area contributed by atoms with Crippen LogP contribution in [0.15, 0.2) is 72.9 Å². The second-order valence-electron chi connectivity index (χ2n) is 5.78. The highest BCUT2D eigenvalue weighted by molar-refractivity contribution is 5.21. The zero-order valence-corrected chi connectivity index (χ0v) is 16.2. The van der Waals surface area contributed by atoms with E-state index in [1.165, 1.54) is 28.7 Å². The lowest BCUT2D eigenvalue weighted by Crippen LogP contribution is -1.80. The average Bonchev–Trinajstić information content (AvgIpc) is 2.52. The Bertz CT molecular complexity index is 448. The maximum atomic E-state index is 3.87. The number of hydrogen-bond acceptors (Lipinski definition) is 0. The van der Waals surface area contributed by atoms with Gasteiger partial charge in [-0.05, 0) is 40.5 Å². The van der Waals surface area contributed by atoms with Crippen molar-refractivity contribution in [3.05, 3.63) is 84.0 Å². The van der Waals surface area contributed by atoms with Crippen molar-refractivity contribution in [2.45, 2.75) is 60.8 Å². The topological polar surface area (TPSA) is 0 Å². The van der Waals surface area contributed by atoms with Crippen LogP contribution < -0.4 is 0 Å². The van der Waals surface area contributed by atoms with Gasteiger partial charge in [0.25, 0.3) is 0 Å². The molecule has 0 saturated heterocycles. The smallest absolute Gasteiger partial charge is 0.0245 e. The normalized spacial score (nSPS) is 10.3. The molecule has 0 aromatic heterocycles. The van der Waals surface area contributed by atoms with Gasteiger partial charge in [-0.2, -0.15) is 0 Å². The second-order valence-corrected chi connectivity index (χ2v) is 5.78. The molecule has 1 aromatic carbocycles. The highest BCUT2D eigenvalue weighted by Gasteiger charge is 1.91. The third kappa shape index (κ3) is 18.1. The van der Waals surface area contributed by atoms with Crippen molar-refractivity contribution in [3.8, 4) is 0 Å². The molecule has 128 valence electrons. The molecule has 1 aromatic rings. The Hall–Kier alpha value is -1.82. The van der Waals surface area contributed by atoms with Gasteiger partial charge in [-0.15, -0.1) is 6.58 Å². The summed E-state index contributed by atoms with van der Waals surface area (Å²) in [6.07, 6.45) is 11.4. The fourth-order valence-corrected chi connectivity index (χ4v) is 1.51. The van der Waals surface area contributed by atoms with Crippen molar-refractivity contribution in [2.24, 2.45) is 0 Å². The molecular weight excluding hydrogens is 276 g/mol. The molecule has 0 unspecified atom stereocenters. The summed E-state index contributed by atoms with van der Waals surface area (Å²) in [5.41, 5.74) is 5.24. The monoisotopic (exact) mass is 312 g/mol. The lowest BCUT2D eigenvalue weighted by atomic mass is 10.1. The van der Waals surface area contributed by atoms with Crippen LogP contribution in [-0.2, 0) is 0 Å².